The van der Waals surface area contributed by atoms with Crippen molar-refractivity contribution in [2.45, 2.75) is 59.9 Å². The van der Waals surface area contributed by atoms with Gasteiger partial charge >= 0.3 is 5.97 Å². The lowest BCUT2D eigenvalue weighted by Crippen LogP contribution is -2.49. The molecule has 0 bridgehead atoms. The Labute approximate surface area is 116 Å². The summed E-state index contributed by atoms with van der Waals surface area (Å²) < 4.78 is 0. The minimum atomic E-state index is -1.04. The van der Waals surface area contributed by atoms with Gasteiger partial charge in [0, 0.05) is 6.04 Å². The Hall–Kier alpha value is -1.06. The normalized spacial score (nSPS) is 29.6. The van der Waals surface area contributed by atoms with Gasteiger partial charge in [-0.25, -0.2) is 0 Å². The average Bonchev–Trinajstić information content (AvgIpc) is 2.19. The van der Waals surface area contributed by atoms with Gasteiger partial charge in [-0.2, -0.15) is 0 Å². The van der Waals surface area contributed by atoms with Crippen molar-refractivity contribution >= 4 is 11.9 Å². The molecule has 4 heteroatoms. The summed E-state index contributed by atoms with van der Waals surface area (Å²) >= 11 is 0. The zero-order valence-corrected chi connectivity index (χ0v) is 12.7. The first kappa shape index (κ1) is 16.0. The smallest absolute Gasteiger partial charge is 0.316 e. The van der Waals surface area contributed by atoms with Crippen molar-refractivity contribution < 1.29 is 14.7 Å². The zero-order valence-electron chi connectivity index (χ0n) is 12.7. The van der Waals surface area contributed by atoms with Crippen LogP contribution in [0.15, 0.2) is 0 Å². The number of carbonyl (C=O) groups excluding carboxylic acids is 1. The Kier molecular flexibility index (Phi) is 4.99. The van der Waals surface area contributed by atoms with Crippen molar-refractivity contribution in [3.63, 3.8) is 0 Å². The summed E-state index contributed by atoms with van der Waals surface area (Å²) in [4.78, 5) is 23.5. The van der Waals surface area contributed by atoms with Gasteiger partial charge in [-0.15, -0.1) is 0 Å². The fourth-order valence-corrected chi connectivity index (χ4v) is 3.02. The van der Waals surface area contributed by atoms with Crippen LogP contribution in [0, 0.1) is 23.2 Å². The molecule has 4 atom stereocenters. The lowest BCUT2D eigenvalue weighted by Gasteiger charge is -2.35. The van der Waals surface area contributed by atoms with Crippen molar-refractivity contribution in [2.24, 2.45) is 23.2 Å². The summed E-state index contributed by atoms with van der Waals surface area (Å²) in [6.45, 7) is 9.73. The molecular formula is C15H27NO3. The molecule has 1 rings (SSSR count). The van der Waals surface area contributed by atoms with Crippen LogP contribution in [0.25, 0.3) is 0 Å². The van der Waals surface area contributed by atoms with Crippen molar-refractivity contribution in [3.05, 3.63) is 0 Å². The van der Waals surface area contributed by atoms with Gasteiger partial charge in [0.25, 0.3) is 0 Å². The van der Waals surface area contributed by atoms with E-state index in [9.17, 15) is 14.7 Å². The van der Waals surface area contributed by atoms with Crippen LogP contribution in [0.3, 0.4) is 0 Å². The molecule has 1 amide bonds. The predicted molar refractivity (Wildman–Crippen MR) is 74.7 cm³/mol. The Bertz CT molecular complexity index is 346. The van der Waals surface area contributed by atoms with E-state index < -0.39 is 17.3 Å². The van der Waals surface area contributed by atoms with Crippen molar-refractivity contribution in [1.29, 1.82) is 0 Å². The summed E-state index contributed by atoms with van der Waals surface area (Å²) in [5.41, 5.74) is -0.568. The van der Waals surface area contributed by atoms with Gasteiger partial charge in [-0.3, -0.25) is 9.59 Å². The van der Waals surface area contributed by atoms with Crippen molar-refractivity contribution in [1.82, 2.24) is 5.32 Å². The van der Waals surface area contributed by atoms with Crippen LogP contribution in [0.4, 0.5) is 0 Å². The van der Waals surface area contributed by atoms with Crippen LogP contribution in [-0.4, -0.2) is 23.0 Å². The molecule has 1 aliphatic carbocycles. The Morgan fingerprint density at radius 2 is 1.79 bits per heavy atom. The van der Waals surface area contributed by atoms with E-state index in [2.05, 4.69) is 19.2 Å². The van der Waals surface area contributed by atoms with Gasteiger partial charge < -0.3 is 10.4 Å². The van der Waals surface area contributed by atoms with E-state index in [1.54, 1.807) is 20.8 Å². The molecule has 0 aromatic rings. The van der Waals surface area contributed by atoms with E-state index in [1.165, 1.54) is 0 Å². The Morgan fingerprint density at radius 1 is 1.21 bits per heavy atom. The molecule has 1 saturated carbocycles. The average molecular weight is 269 g/mol. The molecular weight excluding hydrogens is 242 g/mol. The van der Waals surface area contributed by atoms with Crippen LogP contribution in [0.1, 0.15) is 53.9 Å². The quantitative estimate of drug-likeness (QED) is 0.774. The molecule has 0 saturated heterocycles. The first-order chi connectivity index (χ1) is 8.62. The number of carboxylic acids is 1. The van der Waals surface area contributed by atoms with Gasteiger partial charge in [0.1, 0.15) is 5.92 Å². The number of nitrogens with one attached hydrogen (secondary N) is 1. The highest BCUT2D eigenvalue weighted by molar-refractivity contribution is 5.97. The molecule has 4 unspecified atom stereocenters. The summed E-state index contributed by atoms with van der Waals surface area (Å²) in [5.74, 6) is -1.25. The van der Waals surface area contributed by atoms with E-state index in [4.69, 9.17) is 0 Å². The minimum absolute atomic E-state index is 0.118. The first-order valence-corrected chi connectivity index (χ1v) is 7.16. The Balaban J connectivity index is 2.70. The molecule has 0 aromatic carbocycles. The fraction of sp³-hybridized carbons (Fsp3) is 0.867. The highest BCUT2D eigenvalue weighted by Crippen LogP contribution is 2.30. The minimum Gasteiger partial charge on any atom is -0.481 e. The molecule has 0 heterocycles. The number of amides is 1. The van der Waals surface area contributed by atoms with Crippen LogP contribution in [0.2, 0.25) is 0 Å². The second-order valence-electron chi connectivity index (χ2n) is 7.15. The van der Waals surface area contributed by atoms with Crippen LogP contribution < -0.4 is 5.32 Å². The maximum absolute atomic E-state index is 12.2. The highest BCUT2D eigenvalue weighted by atomic mass is 16.4. The van der Waals surface area contributed by atoms with E-state index in [-0.39, 0.29) is 11.9 Å². The van der Waals surface area contributed by atoms with E-state index in [0.717, 1.165) is 19.3 Å². The maximum Gasteiger partial charge on any atom is 0.316 e. The number of hydrogen-bond acceptors (Lipinski definition) is 2. The molecule has 19 heavy (non-hydrogen) atoms. The predicted octanol–water partition coefficient (Wildman–Crippen LogP) is 2.67. The summed E-state index contributed by atoms with van der Waals surface area (Å²) in [6.07, 6.45) is 3.14. The standard InChI is InChI=1S/C15H27NO3/c1-9-6-7-11(10(2)8-9)16-13(17)12(14(18)19)15(3,4)5/h9-12H,6-8H2,1-5H3,(H,16,17)(H,18,19). The third-order valence-corrected chi connectivity index (χ3v) is 4.13. The van der Waals surface area contributed by atoms with Gasteiger partial charge in [0.2, 0.25) is 5.91 Å². The summed E-state index contributed by atoms with van der Waals surface area (Å²) in [5, 5.41) is 12.2. The second-order valence-corrected chi connectivity index (χ2v) is 7.15. The van der Waals surface area contributed by atoms with Crippen molar-refractivity contribution in [3.8, 4) is 0 Å². The van der Waals surface area contributed by atoms with E-state index in [1.807, 2.05) is 0 Å². The number of hydrogen-bond donors (Lipinski definition) is 2. The van der Waals surface area contributed by atoms with Gasteiger partial charge in [-0.05, 0) is 36.5 Å². The number of aliphatic carboxylic acids is 1. The molecule has 110 valence electrons. The zero-order chi connectivity index (χ0) is 14.8. The largest absolute Gasteiger partial charge is 0.481 e. The topological polar surface area (TPSA) is 66.4 Å². The number of carbonyl (C=O) groups is 2. The summed E-state index contributed by atoms with van der Waals surface area (Å²) in [7, 11) is 0. The Morgan fingerprint density at radius 3 is 2.21 bits per heavy atom. The molecule has 0 spiro atoms. The monoisotopic (exact) mass is 269 g/mol. The molecule has 0 aliphatic heterocycles. The molecule has 0 radical (unpaired) electrons. The fourth-order valence-electron chi connectivity index (χ4n) is 3.02. The third-order valence-electron chi connectivity index (χ3n) is 4.13. The highest BCUT2D eigenvalue weighted by Gasteiger charge is 2.39. The summed E-state index contributed by atoms with van der Waals surface area (Å²) in [6, 6.07) is 0.118. The maximum atomic E-state index is 12.2. The number of carboxylic acid groups (broad SMARTS) is 1. The van der Waals surface area contributed by atoms with E-state index >= 15 is 0 Å². The second kappa shape index (κ2) is 5.93. The SMILES string of the molecule is CC1CCC(NC(=O)C(C(=O)O)C(C)(C)C)C(C)C1. The first-order valence-electron chi connectivity index (χ1n) is 7.16. The molecule has 1 aliphatic rings. The van der Waals surface area contributed by atoms with Crippen LogP contribution in [-0.2, 0) is 9.59 Å². The van der Waals surface area contributed by atoms with Crippen molar-refractivity contribution in [2.75, 3.05) is 0 Å². The third kappa shape index (κ3) is 4.22. The lowest BCUT2D eigenvalue weighted by atomic mass is 9.77. The van der Waals surface area contributed by atoms with Gasteiger partial charge in [0.05, 0.1) is 0 Å². The number of rotatable bonds is 3. The van der Waals surface area contributed by atoms with Gasteiger partial charge in [0.15, 0.2) is 0 Å². The van der Waals surface area contributed by atoms with Crippen LogP contribution in [0.5, 0.6) is 0 Å². The lowest BCUT2D eigenvalue weighted by molar-refractivity contribution is -0.152. The van der Waals surface area contributed by atoms with Gasteiger partial charge in [-0.1, -0.05) is 34.6 Å². The molecule has 4 nitrogen and oxygen atoms in total. The molecule has 2 N–H and O–H groups in total. The van der Waals surface area contributed by atoms with E-state index in [0.29, 0.717) is 11.8 Å². The van der Waals surface area contributed by atoms with Crippen LogP contribution >= 0.6 is 0 Å². The molecule has 1 fully saturated rings. The molecule has 0 aromatic heterocycles.